The molecule has 0 aliphatic carbocycles. The predicted octanol–water partition coefficient (Wildman–Crippen LogP) is 4.46. The van der Waals surface area contributed by atoms with E-state index in [4.69, 9.17) is 9.72 Å². The molecule has 10 nitrogen and oxygen atoms in total. The number of piperazine rings is 1. The molecule has 206 valence electrons. The van der Waals surface area contributed by atoms with E-state index in [-0.39, 0.29) is 0 Å². The Hall–Kier alpha value is -3.83. The number of methoxy groups -OCH3 is 1. The standard InChI is InChI=1S/C28H35N7O3S/c1-28(2,3)39(36,37)32-22-7-6-8-23(17-22)35-12-11-20-19-29-27(31-26(20)35)30-21-9-10-24(25(18-21)38-5)34-15-13-33(4)14-16-34/h6-12,17-19,32H,13-16H2,1-5H3,(H,29,30,31). The molecule has 1 aliphatic rings. The first kappa shape index (κ1) is 26.8. The first-order chi connectivity index (χ1) is 18.5. The number of rotatable bonds is 7. The van der Waals surface area contributed by atoms with E-state index in [1.165, 1.54) is 0 Å². The Morgan fingerprint density at radius 3 is 2.46 bits per heavy atom. The zero-order chi connectivity index (χ0) is 27.8. The van der Waals surface area contributed by atoms with Crippen molar-refractivity contribution in [2.24, 2.45) is 0 Å². The number of anilines is 4. The van der Waals surface area contributed by atoms with E-state index < -0.39 is 14.8 Å². The fourth-order valence-electron chi connectivity index (χ4n) is 4.41. The molecule has 0 saturated carbocycles. The largest absolute Gasteiger partial charge is 0.495 e. The van der Waals surface area contributed by atoms with E-state index in [2.05, 4.69) is 37.9 Å². The summed E-state index contributed by atoms with van der Waals surface area (Å²) in [5, 5.41) is 4.17. The van der Waals surface area contributed by atoms with Crippen LogP contribution < -0.4 is 19.7 Å². The predicted molar refractivity (Wildman–Crippen MR) is 157 cm³/mol. The van der Waals surface area contributed by atoms with E-state index in [0.717, 1.165) is 54.4 Å². The molecular weight excluding hydrogens is 514 g/mol. The highest BCUT2D eigenvalue weighted by Crippen LogP contribution is 2.33. The molecule has 4 aromatic rings. The van der Waals surface area contributed by atoms with Gasteiger partial charge in [0.25, 0.3) is 0 Å². The summed E-state index contributed by atoms with van der Waals surface area (Å²) in [6.45, 7) is 8.94. The van der Waals surface area contributed by atoms with Crippen molar-refractivity contribution in [3.8, 4) is 11.4 Å². The van der Waals surface area contributed by atoms with Crippen LogP contribution in [0.4, 0.5) is 23.0 Å². The van der Waals surface area contributed by atoms with Crippen molar-refractivity contribution in [2.75, 3.05) is 55.3 Å². The number of ether oxygens (including phenoxy) is 1. The molecule has 0 atom stereocenters. The third-order valence-corrected chi connectivity index (χ3v) is 9.01. The van der Waals surface area contributed by atoms with E-state index in [0.29, 0.717) is 17.3 Å². The van der Waals surface area contributed by atoms with Gasteiger partial charge in [-0.1, -0.05) is 6.07 Å². The van der Waals surface area contributed by atoms with Crippen LogP contribution in [0.2, 0.25) is 0 Å². The number of sulfonamides is 1. The van der Waals surface area contributed by atoms with E-state index in [1.54, 1.807) is 46.2 Å². The summed E-state index contributed by atoms with van der Waals surface area (Å²) in [6.07, 6.45) is 3.66. The van der Waals surface area contributed by atoms with Crippen LogP contribution in [-0.2, 0) is 10.0 Å². The summed E-state index contributed by atoms with van der Waals surface area (Å²) >= 11 is 0. The highest BCUT2D eigenvalue weighted by molar-refractivity contribution is 7.94. The number of benzene rings is 2. The average molecular weight is 550 g/mol. The summed E-state index contributed by atoms with van der Waals surface area (Å²) in [4.78, 5) is 13.9. The number of nitrogens with zero attached hydrogens (tertiary/aromatic N) is 5. The molecule has 1 aliphatic heterocycles. The van der Waals surface area contributed by atoms with Gasteiger partial charge in [0.15, 0.2) is 0 Å². The molecule has 1 fully saturated rings. The monoisotopic (exact) mass is 549 g/mol. The third kappa shape index (κ3) is 5.64. The molecule has 1 saturated heterocycles. The maximum absolute atomic E-state index is 12.7. The molecule has 2 aromatic carbocycles. The lowest BCUT2D eigenvalue weighted by molar-refractivity contribution is 0.311. The van der Waals surface area contributed by atoms with Crippen LogP contribution in [0.25, 0.3) is 16.7 Å². The van der Waals surface area contributed by atoms with Crippen LogP contribution in [0, 0.1) is 0 Å². The lowest BCUT2D eigenvalue weighted by Crippen LogP contribution is -2.44. The van der Waals surface area contributed by atoms with Crippen molar-refractivity contribution in [1.29, 1.82) is 0 Å². The first-order valence-electron chi connectivity index (χ1n) is 12.9. The van der Waals surface area contributed by atoms with Gasteiger partial charge in [-0.2, -0.15) is 4.98 Å². The zero-order valence-electron chi connectivity index (χ0n) is 23.0. The van der Waals surface area contributed by atoms with Crippen molar-refractivity contribution in [3.05, 3.63) is 60.9 Å². The molecule has 2 aromatic heterocycles. The highest BCUT2D eigenvalue weighted by atomic mass is 32.2. The van der Waals surface area contributed by atoms with Crippen molar-refractivity contribution in [2.45, 2.75) is 25.5 Å². The van der Waals surface area contributed by atoms with Crippen LogP contribution in [0.15, 0.2) is 60.9 Å². The molecule has 0 amide bonds. The third-order valence-electron chi connectivity index (χ3n) is 6.89. The van der Waals surface area contributed by atoms with Crippen LogP contribution in [0.5, 0.6) is 5.75 Å². The van der Waals surface area contributed by atoms with Crippen molar-refractivity contribution < 1.29 is 13.2 Å². The number of likely N-dealkylation sites (N-methyl/N-ethyl adjacent to an activating group) is 1. The lowest BCUT2D eigenvalue weighted by Gasteiger charge is -2.34. The van der Waals surface area contributed by atoms with E-state index >= 15 is 0 Å². The Morgan fingerprint density at radius 2 is 1.74 bits per heavy atom. The lowest BCUT2D eigenvalue weighted by atomic mass is 10.2. The fourth-order valence-corrected chi connectivity index (χ4v) is 5.15. The summed E-state index contributed by atoms with van der Waals surface area (Å²) < 4.78 is 34.7. The molecule has 0 unspecified atom stereocenters. The molecule has 2 N–H and O–H groups in total. The molecule has 0 bridgehead atoms. The molecule has 11 heteroatoms. The topological polar surface area (TPSA) is 105 Å². The van der Waals surface area contributed by atoms with Crippen LogP contribution in [0.1, 0.15) is 20.8 Å². The Kier molecular flexibility index (Phi) is 7.13. The zero-order valence-corrected chi connectivity index (χ0v) is 23.8. The molecule has 0 radical (unpaired) electrons. The Labute approximate surface area is 229 Å². The Morgan fingerprint density at radius 1 is 0.974 bits per heavy atom. The molecule has 3 heterocycles. The minimum absolute atomic E-state index is 0.446. The minimum atomic E-state index is -3.55. The number of fused-ring (bicyclic) bond motifs is 1. The molecule has 39 heavy (non-hydrogen) atoms. The summed E-state index contributed by atoms with van der Waals surface area (Å²) in [5.74, 6) is 1.24. The van der Waals surface area contributed by atoms with Crippen molar-refractivity contribution >= 4 is 44.1 Å². The molecule has 0 spiro atoms. The fraction of sp³-hybridized carbons (Fsp3) is 0.357. The second kappa shape index (κ2) is 10.4. The van der Waals surface area contributed by atoms with Crippen LogP contribution in [0.3, 0.4) is 0 Å². The number of hydrogen-bond donors (Lipinski definition) is 2. The first-order valence-corrected chi connectivity index (χ1v) is 14.4. The maximum atomic E-state index is 12.7. The van der Waals surface area contributed by atoms with E-state index in [9.17, 15) is 8.42 Å². The van der Waals surface area contributed by atoms with Gasteiger partial charge in [0.2, 0.25) is 16.0 Å². The van der Waals surface area contributed by atoms with Crippen LogP contribution in [-0.4, -0.2) is 72.9 Å². The summed E-state index contributed by atoms with van der Waals surface area (Å²) in [6, 6.07) is 15.2. The van der Waals surface area contributed by atoms with Crippen LogP contribution >= 0.6 is 0 Å². The van der Waals surface area contributed by atoms with Crippen molar-refractivity contribution in [3.63, 3.8) is 0 Å². The second-order valence-electron chi connectivity index (χ2n) is 10.7. The number of nitrogens with one attached hydrogen (secondary N) is 2. The second-order valence-corrected chi connectivity index (χ2v) is 13.2. The van der Waals surface area contributed by atoms with Gasteiger partial charge in [-0.3, -0.25) is 4.72 Å². The highest BCUT2D eigenvalue weighted by Gasteiger charge is 2.29. The van der Waals surface area contributed by atoms with Gasteiger partial charge < -0.3 is 24.4 Å². The van der Waals surface area contributed by atoms with Gasteiger partial charge >= 0.3 is 0 Å². The van der Waals surface area contributed by atoms with Crippen molar-refractivity contribution in [1.82, 2.24) is 19.4 Å². The van der Waals surface area contributed by atoms with Gasteiger partial charge in [-0.15, -0.1) is 0 Å². The molecular formula is C28H35N7O3S. The van der Waals surface area contributed by atoms with Gasteiger partial charge in [0.1, 0.15) is 11.4 Å². The van der Waals surface area contributed by atoms with E-state index in [1.807, 2.05) is 41.1 Å². The maximum Gasteiger partial charge on any atom is 0.237 e. The number of hydrogen-bond acceptors (Lipinski definition) is 8. The normalized spacial score (nSPS) is 14.9. The minimum Gasteiger partial charge on any atom is -0.495 e. The quantitative estimate of drug-likeness (QED) is 0.348. The number of aromatic nitrogens is 3. The average Bonchev–Trinajstić information content (AvgIpc) is 3.32. The SMILES string of the molecule is COc1cc(Nc2ncc3ccn(-c4cccc(NS(=O)(=O)C(C)(C)C)c4)c3n2)ccc1N1CCN(C)CC1. The Balaban J connectivity index is 1.40. The molecule has 5 rings (SSSR count). The summed E-state index contributed by atoms with van der Waals surface area (Å²) in [5.41, 5.74) is 3.86. The van der Waals surface area contributed by atoms with Gasteiger partial charge in [0, 0.05) is 61.4 Å². The summed E-state index contributed by atoms with van der Waals surface area (Å²) in [7, 11) is 0.274. The van der Waals surface area contributed by atoms with Gasteiger partial charge in [-0.05, 0) is 64.2 Å². The smallest absolute Gasteiger partial charge is 0.237 e. The van der Waals surface area contributed by atoms with Gasteiger partial charge in [0.05, 0.1) is 23.2 Å². The van der Waals surface area contributed by atoms with Gasteiger partial charge in [-0.25, -0.2) is 13.4 Å². The Bertz CT molecular complexity index is 1590.